The Morgan fingerprint density at radius 2 is 2.33 bits per heavy atom. The first kappa shape index (κ1) is 5.58. The Morgan fingerprint density at radius 3 is 3.11 bits per heavy atom. The van der Waals surface area contributed by atoms with Gasteiger partial charge in [0.15, 0.2) is 0 Å². The van der Waals surface area contributed by atoms with Crippen LogP contribution in [0.25, 0.3) is 0 Å². The smallest absolute Gasteiger partial charge is 0.0930 e. The molecule has 0 amide bonds. The van der Waals surface area contributed by atoms with Crippen LogP contribution in [0.2, 0.25) is 11.6 Å². The van der Waals surface area contributed by atoms with E-state index in [-0.39, 0.29) is 0 Å². The van der Waals surface area contributed by atoms with Gasteiger partial charge in [-0.1, -0.05) is 37.2 Å². The minimum atomic E-state index is 0.970. The normalized spacial score (nSPS) is 40.0. The van der Waals surface area contributed by atoms with Gasteiger partial charge < -0.3 is 0 Å². The maximum Gasteiger partial charge on any atom is 0.132 e. The summed E-state index contributed by atoms with van der Waals surface area (Å²) in [6.45, 7) is 0. The van der Waals surface area contributed by atoms with E-state index in [1.165, 1.54) is 33.0 Å². The first-order valence-electron chi connectivity index (χ1n) is 4.12. The maximum absolute atomic E-state index is 2.43. The molecule has 2 aliphatic rings. The van der Waals surface area contributed by atoms with E-state index in [4.69, 9.17) is 0 Å². The van der Waals surface area contributed by atoms with Crippen LogP contribution < -0.4 is 0 Å². The van der Waals surface area contributed by atoms with Crippen LogP contribution in [0.15, 0.2) is 12.2 Å². The van der Waals surface area contributed by atoms with E-state index >= 15 is 0 Å². The SMILES string of the molecule is B1C2C=CCC1CCC2. The van der Waals surface area contributed by atoms with Gasteiger partial charge in [-0.25, -0.2) is 0 Å². The fourth-order valence-electron chi connectivity index (χ4n) is 2.18. The second-order valence-electron chi connectivity index (χ2n) is 3.46. The summed E-state index contributed by atoms with van der Waals surface area (Å²) in [5.74, 6) is 2.03. The topological polar surface area (TPSA) is 0 Å². The summed E-state index contributed by atoms with van der Waals surface area (Å²) in [5, 5.41) is 0. The molecule has 2 rings (SSSR count). The highest BCUT2D eigenvalue weighted by atomic mass is 14.1. The van der Waals surface area contributed by atoms with Crippen molar-refractivity contribution in [2.75, 3.05) is 0 Å². The summed E-state index contributed by atoms with van der Waals surface area (Å²) < 4.78 is 0. The highest BCUT2D eigenvalue weighted by molar-refractivity contribution is 6.41. The van der Waals surface area contributed by atoms with Gasteiger partial charge in [-0.2, -0.15) is 0 Å². The van der Waals surface area contributed by atoms with Gasteiger partial charge in [0.05, 0.1) is 0 Å². The molecule has 0 nitrogen and oxygen atoms in total. The van der Waals surface area contributed by atoms with E-state index in [1.54, 1.807) is 0 Å². The van der Waals surface area contributed by atoms with Crippen LogP contribution in [-0.4, -0.2) is 7.28 Å². The lowest BCUT2D eigenvalue weighted by Crippen LogP contribution is -2.17. The molecule has 0 N–H and O–H groups in total. The van der Waals surface area contributed by atoms with Gasteiger partial charge in [-0.05, 0) is 12.2 Å². The summed E-state index contributed by atoms with van der Waals surface area (Å²) in [6, 6.07) is 0. The molecule has 0 aliphatic carbocycles. The number of allylic oxidation sites excluding steroid dienone is 2. The molecule has 1 fully saturated rings. The van der Waals surface area contributed by atoms with Crippen molar-refractivity contribution >= 4 is 7.28 Å². The van der Waals surface area contributed by atoms with Gasteiger partial charge in [0.2, 0.25) is 0 Å². The van der Waals surface area contributed by atoms with Gasteiger partial charge >= 0.3 is 0 Å². The van der Waals surface area contributed by atoms with Crippen molar-refractivity contribution in [1.82, 2.24) is 0 Å². The predicted octanol–water partition coefficient (Wildman–Crippen LogP) is 2.14. The molecule has 9 heavy (non-hydrogen) atoms. The van der Waals surface area contributed by atoms with Crippen LogP contribution in [0.5, 0.6) is 0 Å². The highest BCUT2D eigenvalue weighted by Gasteiger charge is 2.23. The minimum Gasteiger partial charge on any atom is -0.0930 e. The van der Waals surface area contributed by atoms with Crippen molar-refractivity contribution in [3.05, 3.63) is 12.2 Å². The van der Waals surface area contributed by atoms with E-state index in [9.17, 15) is 0 Å². The summed E-state index contributed by atoms with van der Waals surface area (Å²) in [5.41, 5.74) is 0. The molecule has 2 heterocycles. The second kappa shape index (κ2) is 2.20. The van der Waals surface area contributed by atoms with E-state index in [0.717, 1.165) is 11.6 Å². The molecule has 0 spiro atoms. The summed E-state index contributed by atoms with van der Waals surface area (Å²) in [4.78, 5) is 0. The molecular formula is C8H13B. The molecule has 2 unspecified atom stereocenters. The molecule has 0 aromatic rings. The van der Waals surface area contributed by atoms with Crippen LogP contribution in [0, 0.1) is 0 Å². The summed E-state index contributed by atoms with van der Waals surface area (Å²) >= 11 is 0. The molecule has 2 bridgehead atoms. The number of fused-ring (bicyclic) bond motifs is 2. The lowest BCUT2D eigenvalue weighted by atomic mass is 9.46. The van der Waals surface area contributed by atoms with Crippen LogP contribution in [0.4, 0.5) is 0 Å². The standard InChI is InChI=1S/C8H13B/c1-3-7-5-2-6-8(4-1)9-7/h1,3,7-9H,2,4-6H2. The Bertz CT molecular complexity index is 129. The van der Waals surface area contributed by atoms with Crippen LogP contribution in [-0.2, 0) is 0 Å². The zero-order valence-electron chi connectivity index (χ0n) is 5.84. The minimum absolute atomic E-state index is 0.970. The average molecular weight is 120 g/mol. The Morgan fingerprint density at radius 1 is 1.33 bits per heavy atom. The lowest BCUT2D eigenvalue weighted by Gasteiger charge is -2.28. The zero-order chi connectivity index (χ0) is 6.10. The monoisotopic (exact) mass is 120 g/mol. The van der Waals surface area contributed by atoms with Gasteiger partial charge in [0.1, 0.15) is 7.28 Å². The molecule has 2 aliphatic heterocycles. The average Bonchev–Trinajstić information content (AvgIpc) is 1.88. The summed E-state index contributed by atoms with van der Waals surface area (Å²) in [7, 11) is 1.50. The van der Waals surface area contributed by atoms with Crippen molar-refractivity contribution in [3.8, 4) is 0 Å². The van der Waals surface area contributed by atoms with Gasteiger partial charge in [0.25, 0.3) is 0 Å². The maximum atomic E-state index is 2.43. The molecule has 1 heteroatoms. The fourth-order valence-corrected chi connectivity index (χ4v) is 2.18. The van der Waals surface area contributed by atoms with Crippen molar-refractivity contribution in [2.24, 2.45) is 0 Å². The first-order chi connectivity index (χ1) is 4.45. The van der Waals surface area contributed by atoms with E-state index in [0.29, 0.717) is 0 Å². The van der Waals surface area contributed by atoms with Crippen molar-refractivity contribution < 1.29 is 0 Å². The lowest BCUT2D eigenvalue weighted by molar-refractivity contribution is 0.586. The van der Waals surface area contributed by atoms with Gasteiger partial charge in [-0.3, -0.25) is 0 Å². The molecule has 0 saturated carbocycles. The zero-order valence-corrected chi connectivity index (χ0v) is 5.84. The number of rotatable bonds is 0. The van der Waals surface area contributed by atoms with Crippen LogP contribution >= 0.6 is 0 Å². The molecule has 0 aromatic carbocycles. The largest absolute Gasteiger partial charge is 0.132 e. The third-order valence-electron chi connectivity index (χ3n) is 2.70. The number of hydrogen-bond donors (Lipinski definition) is 0. The molecule has 0 aromatic heterocycles. The van der Waals surface area contributed by atoms with Crippen molar-refractivity contribution in [2.45, 2.75) is 37.3 Å². The number of hydrogen-bond acceptors (Lipinski definition) is 0. The predicted molar refractivity (Wildman–Crippen MR) is 42.3 cm³/mol. The highest BCUT2D eigenvalue weighted by Crippen LogP contribution is 2.36. The molecule has 2 atom stereocenters. The Balaban J connectivity index is 2.09. The Labute approximate surface area is 57.6 Å². The van der Waals surface area contributed by atoms with Crippen LogP contribution in [0.3, 0.4) is 0 Å². The van der Waals surface area contributed by atoms with E-state index in [1.807, 2.05) is 0 Å². The molecule has 1 saturated heterocycles. The molecule has 48 valence electrons. The molecular weight excluding hydrogens is 107 g/mol. The van der Waals surface area contributed by atoms with Crippen molar-refractivity contribution in [1.29, 1.82) is 0 Å². The Kier molecular flexibility index (Phi) is 1.37. The van der Waals surface area contributed by atoms with Crippen molar-refractivity contribution in [3.63, 3.8) is 0 Å². The fraction of sp³-hybridized carbons (Fsp3) is 0.750. The molecule has 0 radical (unpaired) electrons. The van der Waals surface area contributed by atoms with E-state index in [2.05, 4.69) is 12.2 Å². The third-order valence-corrected chi connectivity index (χ3v) is 2.70. The van der Waals surface area contributed by atoms with Gasteiger partial charge in [-0.15, -0.1) is 0 Å². The Hall–Kier alpha value is -0.195. The van der Waals surface area contributed by atoms with Gasteiger partial charge in [0, 0.05) is 0 Å². The van der Waals surface area contributed by atoms with E-state index < -0.39 is 0 Å². The summed E-state index contributed by atoms with van der Waals surface area (Å²) in [6.07, 6.45) is 10.6. The first-order valence-corrected chi connectivity index (χ1v) is 4.12. The second-order valence-corrected chi connectivity index (χ2v) is 3.46. The van der Waals surface area contributed by atoms with Crippen LogP contribution in [0.1, 0.15) is 25.7 Å². The third kappa shape index (κ3) is 1.05. The quantitative estimate of drug-likeness (QED) is 0.339.